The second kappa shape index (κ2) is 6.59. The molecule has 0 spiro atoms. The van der Waals surface area contributed by atoms with Crippen LogP contribution in [-0.4, -0.2) is 36.6 Å². The van der Waals surface area contributed by atoms with Crippen LogP contribution in [-0.2, 0) is 0 Å². The smallest absolute Gasteiger partial charge is 0.0192 e. The molecule has 0 amide bonds. The predicted octanol–water partition coefficient (Wildman–Crippen LogP) is 3.77. The van der Waals surface area contributed by atoms with E-state index in [1.165, 1.54) is 48.8 Å². The number of likely N-dealkylation sites (tertiary alicyclic amines) is 1. The molecule has 1 aliphatic heterocycles. The highest BCUT2D eigenvalue weighted by atomic mass is 79.9. The summed E-state index contributed by atoms with van der Waals surface area (Å²) in [6.45, 7) is 6.11. The van der Waals surface area contributed by atoms with Crippen molar-refractivity contribution in [3.05, 3.63) is 34.3 Å². The van der Waals surface area contributed by atoms with Gasteiger partial charge in [-0.2, -0.15) is 0 Å². The maximum Gasteiger partial charge on any atom is 0.0192 e. The van der Waals surface area contributed by atoms with Crippen molar-refractivity contribution >= 4 is 15.9 Å². The fourth-order valence-electron chi connectivity index (χ4n) is 3.47. The first-order valence-electron chi connectivity index (χ1n) is 7.95. The summed E-state index contributed by atoms with van der Waals surface area (Å²) in [5.41, 5.74) is 1.49. The van der Waals surface area contributed by atoms with Crippen molar-refractivity contribution in [2.24, 2.45) is 0 Å². The van der Waals surface area contributed by atoms with Gasteiger partial charge in [0.05, 0.1) is 0 Å². The lowest BCUT2D eigenvalue weighted by Gasteiger charge is -2.38. The monoisotopic (exact) mass is 336 g/mol. The van der Waals surface area contributed by atoms with E-state index in [9.17, 15) is 0 Å². The van der Waals surface area contributed by atoms with Crippen LogP contribution in [0.15, 0.2) is 28.7 Å². The number of hydrogen-bond acceptors (Lipinski definition) is 2. The number of nitrogens with one attached hydrogen (secondary N) is 1. The average molecular weight is 337 g/mol. The highest BCUT2D eigenvalue weighted by Crippen LogP contribution is 2.37. The summed E-state index contributed by atoms with van der Waals surface area (Å²) in [6, 6.07) is 10.2. The third kappa shape index (κ3) is 3.44. The van der Waals surface area contributed by atoms with Gasteiger partial charge >= 0.3 is 0 Å². The molecule has 3 heteroatoms. The van der Waals surface area contributed by atoms with Crippen molar-refractivity contribution in [2.45, 2.75) is 50.6 Å². The maximum absolute atomic E-state index is 3.76. The van der Waals surface area contributed by atoms with Gasteiger partial charge in [0.2, 0.25) is 0 Å². The summed E-state index contributed by atoms with van der Waals surface area (Å²) in [6.07, 6.45) is 5.36. The van der Waals surface area contributed by atoms with Gasteiger partial charge in [0.1, 0.15) is 0 Å². The van der Waals surface area contributed by atoms with Crippen LogP contribution >= 0.6 is 15.9 Å². The minimum absolute atomic E-state index is 0.697. The van der Waals surface area contributed by atoms with E-state index in [1.807, 2.05) is 0 Å². The zero-order valence-corrected chi connectivity index (χ0v) is 13.9. The lowest BCUT2D eigenvalue weighted by molar-refractivity contribution is 0.220. The summed E-state index contributed by atoms with van der Waals surface area (Å²) < 4.78 is 1.20. The Morgan fingerprint density at radius 3 is 2.75 bits per heavy atom. The van der Waals surface area contributed by atoms with Crippen LogP contribution in [0.3, 0.4) is 0 Å². The zero-order valence-electron chi connectivity index (χ0n) is 12.3. The van der Waals surface area contributed by atoms with E-state index in [0.29, 0.717) is 6.04 Å². The van der Waals surface area contributed by atoms with E-state index in [4.69, 9.17) is 0 Å². The Balaban J connectivity index is 1.40. The molecule has 1 N–H and O–H groups in total. The van der Waals surface area contributed by atoms with Crippen molar-refractivity contribution < 1.29 is 0 Å². The molecule has 1 aromatic rings. The van der Waals surface area contributed by atoms with Gasteiger partial charge in [-0.25, -0.2) is 0 Å². The third-order valence-corrected chi connectivity index (χ3v) is 5.42. The molecule has 1 aromatic carbocycles. The molecule has 2 fully saturated rings. The van der Waals surface area contributed by atoms with E-state index in [1.54, 1.807) is 0 Å². The number of rotatable bonds is 5. The molecule has 1 aliphatic carbocycles. The summed E-state index contributed by atoms with van der Waals surface area (Å²) >= 11 is 3.57. The quantitative estimate of drug-likeness (QED) is 0.880. The molecule has 0 radical (unpaired) electrons. The average Bonchev–Trinajstić information content (AvgIpc) is 2.90. The number of nitrogens with zero attached hydrogens (tertiary/aromatic N) is 1. The fraction of sp³-hybridized carbons (Fsp3) is 0.647. The van der Waals surface area contributed by atoms with Gasteiger partial charge in [-0.05, 0) is 69.3 Å². The lowest BCUT2D eigenvalue weighted by Crippen LogP contribution is -2.46. The Kier molecular flexibility index (Phi) is 4.79. The molecule has 0 aromatic heterocycles. The van der Waals surface area contributed by atoms with E-state index >= 15 is 0 Å². The molecule has 1 saturated carbocycles. The Bertz CT molecular complexity index is 436. The lowest BCUT2D eigenvalue weighted by atomic mass is 9.76. The Morgan fingerprint density at radius 1 is 1.30 bits per heavy atom. The molecule has 3 rings (SSSR count). The fourth-order valence-corrected chi connectivity index (χ4v) is 3.88. The van der Waals surface area contributed by atoms with Crippen molar-refractivity contribution in [3.8, 4) is 0 Å². The molecule has 1 saturated heterocycles. The minimum atomic E-state index is 0.697. The van der Waals surface area contributed by atoms with E-state index in [2.05, 4.69) is 57.3 Å². The van der Waals surface area contributed by atoms with Crippen LogP contribution in [0.1, 0.15) is 44.1 Å². The molecule has 110 valence electrons. The molecule has 2 aliphatic rings. The first-order valence-corrected chi connectivity index (χ1v) is 8.74. The van der Waals surface area contributed by atoms with Crippen molar-refractivity contribution in [1.29, 1.82) is 0 Å². The number of benzene rings is 1. The number of halogens is 1. The van der Waals surface area contributed by atoms with Gasteiger partial charge in [0.25, 0.3) is 0 Å². The molecule has 20 heavy (non-hydrogen) atoms. The normalized spacial score (nSPS) is 28.3. The van der Waals surface area contributed by atoms with Gasteiger partial charge in [-0.3, -0.25) is 4.90 Å². The van der Waals surface area contributed by atoms with E-state index in [-0.39, 0.29) is 0 Å². The minimum Gasteiger partial charge on any atom is -0.312 e. The topological polar surface area (TPSA) is 15.3 Å². The summed E-state index contributed by atoms with van der Waals surface area (Å²) in [7, 11) is 0. The molecule has 2 nitrogen and oxygen atoms in total. The van der Waals surface area contributed by atoms with Gasteiger partial charge in [-0.1, -0.05) is 28.1 Å². The molecule has 1 atom stereocenters. The maximum atomic E-state index is 3.76. The van der Waals surface area contributed by atoms with Crippen LogP contribution in [0, 0.1) is 0 Å². The SMILES string of the molecule is CC(CNC1CC(c2cccc(Br)c2)C1)N1CCCC1. The first kappa shape index (κ1) is 14.6. The predicted molar refractivity (Wildman–Crippen MR) is 88.2 cm³/mol. The molecular weight excluding hydrogens is 312 g/mol. The second-order valence-corrected chi connectivity index (χ2v) is 7.34. The van der Waals surface area contributed by atoms with Crippen molar-refractivity contribution in [3.63, 3.8) is 0 Å². The molecule has 1 unspecified atom stereocenters. The highest BCUT2D eigenvalue weighted by molar-refractivity contribution is 9.10. The first-order chi connectivity index (χ1) is 9.72. The Hall–Kier alpha value is -0.380. The Labute approximate surface area is 131 Å². The molecular formula is C17H25BrN2. The zero-order chi connectivity index (χ0) is 13.9. The van der Waals surface area contributed by atoms with Crippen LogP contribution in [0.5, 0.6) is 0 Å². The van der Waals surface area contributed by atoms with Gasteiger partial charge < -0.3 is 5.32 Å². The van der Waals surface area contributed by atoms with Crippen molar-refractivity contribution in [2.75, 3.05) is 19.6 Å². The highest BCUT2D eigenvalue weighted by Gasteiger charge is 2.30. The van der Waals surface area contributed by atoms with Crippen LogP contribution in [0.4, 0.5) is 0 Å². The largest absolute Gasteiger partial charge is 0.312 e. The number of hydrogen-bond donors (Lipinski definition) is 1. The molecule has 1 heterocycles. The van der Waals surface area contributed by atoms with Crippen LogP contribution in [0.2, 0.25) is 0 Å². The van der Waals surface area contributed by atoms with Gasteiger partial charge in [-0.15, -0.1) is 0 Å². The van der Waals surface area contributed by atoms with E-state index < -0.39 is 0 Å². The van der Waals surface area contributed by atoms with Crippen molar-refractivity contribution in [1.82, 2.24) is 10.2 Å². The summed E-state index contributed by atoms with van der Waals surface area (Å²) in [5, 5.41) is 3.76. The standard InChI is InChI=1S/C17H25BrN2/c1-13(20-7-2-3-8-20)12-19-17-10-15(11-17)14-5-4-6-16(18)9-14/h4-6,9,13,15,17,19H,2-3,7-8,10-12H2,1H3. The Morgan fingerprint density at radius 2 is 2.05 bits per heavy atom. The van der Waals surface area contributed by atoms with Crippen LogP contribution < -0.4 is 5.32 Å². The molecule has 0 bridgehead atoms. The van der Waals surface area contributed by atoms with Crippen LogP contribution in [0.25, 0.3) is 0 Å². The van der Waals surface area contributed by atoms with E-state index in [0.717, 1.165) is 18.5 Å². The summed E-state index contributed by atoms with van der Waals surface area (Å²) in [4.78, 5) is 2.62. The van der Waals surface area contributed by atoms with Gasteiger partial charge in [0, 0.05) is 23.1 Å². The third-order valence-electron chi connectivity index (χ3n) is 4.92. The van der Waals surface area contributed by atoms with Gasteiger partial charge in [0.15, 0.2) is 0 Å². The summed E-state index contributed by atoms with van der Waals surface area (Å²) in [5.74, 6) is 0.757. The second-order valence-electron chi connectivity index (χ2n) is 6.42.